The summed E-state index contributed by atoms with van der Waals surface area (Å²) in [6.45, 7) is 7.82. The highest BCUT2D eigenvalue weighted by atomic mass is 16.3. The molecule has 6 nitrogen and oxygen atoms in total. The molecule has 1 aromatic carbocycles. The van der Waals surface area contributed by atoms with E-state index >= 15 is 0 Å². The molecule has 2 atom stereocenters. The van der Waals surface area contributed by atoms with Crippen molar-refractivity contribution in [3.8, 4) is 11.3 Å². The monoisotopic (exact) mass is 330 g/mol. The number of hydrogen-bond acceptors (Lipinski definition) is 3. The van der Waals surface area contributed by atoms with E-state index in [2.05, 4.69) is 15.7 Å². The van der Waals surface area contributed by atoms with Crippen molar-refractivity contribution in [3.63, 3.8) is 0 Å². The fourth-order valence-corrected chi connectivity index (χ4v) is 2.29. The van der Waals surface area contributed by atoms with Crippen LogP contribution in [-0.4, -0.2) is 33.6 Å². The fourth-order valence-electron chi connectivity index (χ4n) is 2.29. The predicted molar refractivity (Wildman–Crippen MR) is 95.9 cm³/mol. The first-order valence-electron chi connectivity index (χ1n) is 8.25. The lowest BCUT2D eigenvalue weighted by molar-refractivity contribution is 0.204. The topological polar surface area (TPSA) is 79.2 Å². The van der Waals surface area contributed by atoms with Gasteiger partial charge in [0.25, 0.3) is 0 Å². The number of anilines is 1. The highest BCUT2D eigenvalue weighted by molar-refractivity contribution is 5.89. The van der Waals surface area contributed by atoms with Gasteiger partial charge >= 0.3 is 6.03 Å². The molecule has 0 aliphatic rings. The maximum atomic E-state index is 12.2. The average Bonchev–Trinajstić information content (AvgIpc) is 2.98. The normalized spacial score (nSPS) is 13.6. The Kier molecular flexibility index (Phi) is 5.98. The summed E-state index contributed by atoms with van der Waals surface area (Å²) in [5.74, 6) is 0.635. The van der Waals surface area contributed by atoms with E-state index in [0.29, 0.717) is 5.82 Å². The van der Waals surface area contributed by atoms with Crippen LogP contribution in [0.25, 0.3) is 11.3 Å². The summed E-state index contributed by atoms with van der Waals surface area (Å²) in [5.41, 5.74) is 1.82. The van der Waals surface area contributed by atoms with Gasteiger partial charge in [0.15, 0.2) is 0 Å². The van der Waals surface area contributed by atoms with Gasteiger partial charge in [0.05, 0.1) is 5.69 Å². The van der Waals surface area contributed by atoms with E-state index in [1.165, 1.54) is 0 Å². The van der Waals surface area contributed by atoms with Gasteiger partial charge in [-0.05, 0) is 26.7 Å². The number of nitrogens with zero attached hydrogens (tertiary/aromatic N) is 2. The van der Waals surface area contributed by atoms with Gasteiger partial charge in [0.2, 0.25) is 0 Å². The number of carbonyl (C=O) groups is 1. The van der Waals surface area contributed by atoms with E-state index in [-0.39, 0.29) is 30.6 Å². The van der Waals surface area contributed by atoms with E-state index in [0.717, 1.165) is 11.3 Å². The van der Waals surface area contributed by atoms with Crippen LogP contribution in [0.15, 0.2) is 36.4 Å². The predicted octanol–water partition coefficient (Wildman–Crippen LogP) is 3.27. The molecule has 0 aliphatic heterocycles. The lowest BCUT2D eigenvalue weighted by atomic mass is 10.1. The molecule has 2 unspecified atom stereocenters. The smallest absolute Gasteiger partial charge is 0.320 e. The van der Waals surface area contributed by atoms with Gasteiger partial charge in [0, 0.05) is 30.3 Å². The molecule has 0 bridgehead atoms. The summed E-state index contributed by atoms with van der Waals surface area (Å²) in [4.78, 5) is 12.2. The summed E-state index contributed by atoms with van der Waals surface area (Å²) in [5, 5.41) is 19.5. The van der Waals surface area contributed by atoms with Gasteiger partial charge in [0.1, 0.15) is 5.82 Å². The second-order valence-corrected chi connectivity index (χ2v) is 6.37. The first-order valence-corrected chi connectivity index (χ1v) is 8.25. The number of aliphatic hydroxyl groups excluding tert-OH is 1. The molecule has 0 saturated heterocycles. The molecule has 1 aromatic heterocycles. The van der Waals surface area contributed by atoms with E-state index in [1.807, 2.05) is 64.1 Å². The summed E-state index contributed by atoms with van der Waals surface area (Å²) < 4.78 is 1.79. The standard InChI is InChI=1S/C18H26N4O2/c1-12(2)22-17(20-18(24)19-14(4)13(3)11-23)10-16(21-22)15-8-6-5-7-9-15/h5-10,12-14,23H,11H2,1-4H3,(H2,19,20,24). The molecule has 0 radical (unpaired) electrons. The van der Waals surface area contributed by atoms with E-state index in [4.69, 9.17) is 5.11 Å². The first kappa shape index (κ1) is 18.0. The van der Waals surface area contributed by atoms with Crippen LogP contribution in [0.5, 0.6) is 0 Å². The summed E-state index contributed by atoms with van der Waals surface area (Å²) in [6.07, 6.45) is 0. The number of urea groups is 1. The minimum absolute atomic E-state index is 0.00867. The highest BCUT2D eigenvalue weighted by Gasteiger charge is 2.17. The van der Waals surface area contributed by atoms with E-state index in [9.17, 15) is 4.79 Å². The maximum Gasteiger partial charge on any atom is 0.320 e. The van der Waals surface area contributed by atoms with Gasteiger partial charge < -0.3 is 10.4 Å². The molecular formula is C18H26N4O2. The minimum Gasteiger partial charge on any atom is -0.396 e. The molecule has 6 heteroatoms. The highest BCUT2D eigenvalue weighted by Crippen LogP contribution is 2.24. The Morgan fingerprint density at radius 1 is 1.21 bits per heavy atom. The van der Waals surface area contributed by atoms with Crippen molar-refractivity contribution in [1.29, 1.82) is 0 Å². The molecule has 3 N–H and O–H groups in total. The van der Waals surface area contributed by atoms with Crippen molar-refractivity contribution in [2.75, 3.05) is 11.9 Å². The molecule has 2 aromatic rings. The zero-order valence-corrected chi connectivity index (χ0v) is 14.7. The van der Waals surface area contributed by atoms with Crippen molar-refractivity contribution in [2.45, 2.75) is 39.8 Å². The van der Waals surface area contributed by atoms with E-state index in [1.54, 1.807) is 4.68 Å². The van der Waals surface area contributed by atoms with Crippen LogP contribution in [0.1, 0.15) is 33.7 Å². The van der Waals surface area contributed by atoms with Gasteiger partial charge in [-0.25, -0.2) is 9.48 Å². The molecule has 130 valence electrons. The molecule has 0 fully saturated rings. The Bertz CT molecular complexity index is 667. The van der Waals surface area contributed by atoms with Crippen molar-refractivity contribution in [3.05, 3.63) is 36.4 Å². The number of aliphatic hydroxyl groups is 1. The van der Waals surface area contributed by atoms with Crippen molar-refractivity contribution in [1.82, 2.24) is 15.1 Å². The Labute approximate surface area is 142 Å². The fraction of sp³-hybridized carbons (Fsp3) is 0.444. The quantitative estimate of drug-likeness (QED) is 0.760. The third-order valence-electron chi connectivity index (χ3n) is 4.04. The molecular weight excluding hydrogens is 304 g/mol. The van der Waals surface area contributed by atoms with Crippen molar-refractivity contribution >= 4 is 11.8 Å². The third kappa shape index (κ3) is 4.35. The number of hydrogen-bond donors (Lipinski definition) is 3. The van der Waals surface area contributed by atoms with Crippen molar-refractivity contribution in [2.24, 2.45) is 5.92 Å². The zero-order valence-electron chi connectivity index (χ0n) is 14.7. The number of amides is 2. The van der Waals surface area contributed by atoms with Crippen LogP contribution in [0.4, 0.5) is 10.6 Å². The molecule has 24 heavy (non-hydrogen) atoms. The molecule has 1 heterocycles. The van der Waals surface area contributed by atoms with Gasteiger partial charge in [-0.3, -0.25) is 5.32 Å². The van der Waals surface area contributed by atoms with Gasteiger partial charge in [-0.15, -0.1) is 0 Å². The number of aromatic nitrogens is 2. The third-order valence-corrected chi connectivity index (χ3v) is 4.04. The minimum atomic E-state index is -0.302. The van der Waals surface area contributed by atoms with Crippen LogP contribution in [0.3, 0.4) is 0 Å². The Morgan fingerprint density at radius 2 is 1.88 bits per heavy atom. The Balaban J connectivity index is 2.17. The largest absolute Gasteiger partial charge is 0.396 e. The second kappa shape index (κ2) is 7.97. The summed E-state index contributed by atoms with van der Waals surface area (Å²) in [6, 6.07) is 11.4. The molecule has 0 spiro atoms. The van der Waals surface area contributed by atoms with E-state index < -0.39 is 0 Å². The lowest BCUT2D eigenvalue weighted by Crippen LogP contribution is -2.41. The molecule has 0 aliphatic carbocycles. The number of rotatable bonds is 6. The number of nitrogens with one attached hydrogen (secondary N) is 2. The average molecular weight is 330 g/mol. The van der Waals surface area contributed by atoms with Crippen LogP contribution in [-0.2, 0) is 0 Å². The van der Waals surface area contributed by atoms with Crippen LogP contribution in [0.2, 0.25) is 0 Å². The van der Waals surface area contributed by atoms with Gasteiger partial charge in [-0.2, -0.15) is 5.10 Å². The Morgan fingerprint density at radius 3 is 2.46 bits per heavy atom. The van der Waals surface area contributed by atoms with Crippen LogP contribution in [0, 0.1) is 5.92 Å². The number of carbonyl (C=O) groups excluding carboxylic acids is 1. The molecule has 0 saturated carbocycles. The maximum absolute atomic E-state index is 12.2. The molecule has 2 amide bonds. The summed E-state index contributed by atoms with van der Waals surface area (Å²) >= 11 is 0. The second-order valence-electron chi connectivity index (χ2n) is 6.37. The Hall–Kier alpha value is -2.34. The van der Waals surface area contributed by atoms with Gasteiger partial charge in [-0.1, -0.05) is 37.3 Å². The lowest BCUT2D eigenvalue weighted by Gasteiger charge is -2.20. The van der Waals surface area contributed by atoms with Crippen LogP contribution >= 0.6 is 0 Å². The molecule has 2 rings (SSSR count). The summed E-state index contributed by atoms with van der Waals surface area (Å²) in [7, 11) is 0. The number of benzene rings is 1. The van der Waals surface area contributed by atoms with Crippen molar-refractivity contribution < 1.29 is 9.90 Å². The SMILES string of the molecule is CC(CO)C(C)NC(=O)Nc1cc(-c2ccccc2)nn1C(C)C. The zero-order chi connectivity index (χ0) is 17.7. The van der Waals surface area contributed by atoms with Crippen LogP contribution < -0.4 is 10.6 Å². The first-order chi connectivity index (χ1) is 11.4.